The van der Waals surface area contributed by atoms with Gasteiger partial charge >= 0.3 is 29.6 Å². The molecule has 0 saturated heterocycles. The number of halogens is 2. The topological polar surface area (TPSA) is 119 Å². The van der Waals surface area contributed by atoms with Crippen LogP contribution in [0.3, 0.4) is 0 Å². The quantitative estimate of drug-likeness (QED) is 0.300. The van der Waals surface area contributed by atoms with Crippen molar-refractivity contribution < 1.29 is 63.2 Å². The molecule has 40 heavy (non-hydrogen) atoms. The molecule has 3 rings (SSSR count). The van der Waals surface area contributed by atoms with Gasteiger partial charge < -0.3 is 25.0 Å². The Kier molecular flexibility index (Phi) is 12.5. The summed E-state index contributed by atoms with van der Waals surface area (Å²) in [5.74, 6) is -2.83. The predicted molar refractivity (Wildman–Crippen MR) is 139 cm³/mol. The van der Waals surface area contributed by atoms with E-state index in [9.17, 15) is 33.7 Å². The number of carbonyl (C=O) groups excluding carboxylic acids is 2. The zero-order valence-electron chi connectivity index (χ0n) is 23.5. The number of aliphatic carboxylic acids is 1. The van der Waals surface area contributed by atoms with Gasteiger partial charge in [-0.25, -0.2) is 13.5 Å². The Morgan fingerprint density at radius 3 is 2.33 bits per heavy atom. The van der Waals surface area contributed by atoms with Crippen LogP contribution in [0.2, 0.25) is 0 Å². The van der Waals surface area contributed by atoms with Crippen LogP contribution in [-0.2, 0) is 17.8 Å². The number of rotatable bonds is 12. The van der Waals surface area contributed by atoms with Crippen LogP contribution in [-0.4, -0.2) is 56.0 Å². The number of hydrogen-bond donors (Lipinski definition) is 2. The van der Waals surface area contributed by atoms with Crippen LogP contribution in [0.1, 0.15) is 71.9 Å². The third-order valence-corrected chi connectivity index (χ3v) is 6.56. The van der Waals surface area contributed by atoms with Crippen molar-refractivity contribution in [2.24, 2.45) is 0 Å². The number of amides is 1. The number of carbonyl (C=O) groups is 2. The molecular weight excluding hydrogens is 531 g/mol. The number of hydrogen-bond acceptors (Lipinski definition) is 6. The molecule has 1 heterocycles. The molecule has 0 fully saturated rings. The summed E-state index contributed by atoms with van der Waals surface area (Å²) >= 11 is 0. The molecular formula is C29H34F2N3NaO5. The second-order valence-corrected chi connectivity index (χ2v) is 10.1. The fourth-order valence-electron chi connectivity index (χ4n) is 4.62. The second-order valence-electron chi connectivity index (χ2n) is 10.1. The molecule has 0 unspecified atom stereocenters. The number of aliphatic hydroxyl groups is 2. The number of carboxylic acids is 1. The average Bonchev–Trinajstić information content (AvgIpc) is 3.24. The molecule has 1 aromatic heterocycles. The summed E-state index contributed by atoms with van der Waals surface area (Å²) in [5, 5.41) is 35.7. The number of nitrogens with zero attached hydrogens (tertiary/aromatic N) is 3. The number of aliphatic hydroxyl groups excluding tert-OH is 2. The molecule has 2 atom stereocenters. The summed E-state index contributed by atoms with van der Waals surface area (Å²) in [6.07, 6.45) is -2.65. The van der Waals surface area contributed by atoms with E-state index in [0.717, 1.165) is 0 Å². The summed E-state index contributed by atoms with van der Waals surface area (Å²) in [5.41, 5.74) is 2.75. The molecule has 8 nitrogen and oxygen atoms in total. The third kappa shape index (κ3) is 8.44. The van der Waals surface area contributed by atoms with Gasteiger partial charge in [-0.1, -0.05) is 32.0 Å². The number of aryl methyl sites for hydroxylation is 1. The van der Waals surface area contributed by atoms with Gasteiger partial charge in [0.15, 0.2) is 5.69 Å². The van der Waals surface area contributed by atoms with E-state index in [4.69, 9.17) is 0 Å². The third-order valence-electron chi connectivity index (χ3n) is 6.56. The van der Waals surface area contributed by atoms with E-state index in [1.807, 2.05) is 13.8 Å². The molecule has 0 aliphatic heterocycles. The van der Waals surface area contributed by atoms with E-state index < -0.39 is 36.3 Å². The molecule has 11 heteroatoms. The Balaban J connectivity index is 0.00000560. The van der Waals surface area contributed by atoms with Crippen LogP contribution >= 0.6 is 0 Å². The molecule has 0 spiro atoms. The molecule has 3 aromatic rings. The van der Waals surface area contributed by atoms with E-state index in [-0.39, 0.29) is 72.8 Å². The Bertz CT molecular complexity index is 1310. The first-order valence-electron chi connectivity index (χ1n) is 12.8. The molecule has 0 saturated carbocycles. The maximum absolute atomic E-state index is 14.6. The average molecular weight is 566 g/mol. The molecule has 210 valence electrons. The maximum Gasteiger partial charge on any atom is 1.00 e. The van der Waals surface area contributed by atoms with Gasteiger partial charge in [0.05, 0.1) is 17.9 Å². The van der Waals surface area contributed by atoms with E-state index >= 15 is 0 Å². The van der Waals surface area contributed by atoms with Crippen LogP contribution in [0, 0.1) is 18.6 Å². The van der Waals surface area contributed by atoms with Gasteiger partial charge in [0, 0.05) is 42.8 Å². The largest absolute Gasteiger partial charge is 1.00 e. The molecule has 1 amide bonds. The minimum Gasteiger partial charge on any atom is -0.550 e. The maximum atomic E-state index is 14.6. The minimum absolute atomic E-state index is 0. The first-order valence-corrected chi connectivity index (χ1v) is 12.8. The number of benzene rings is 2. The summed E-state index contributed by atoms with van der Waals surface area (Å²) in [6.45, 7) is 5.47. The van der Waals surface area contributed by atoms with Crippen LogP contribution in [0.15, 0.2) is 42.5 Å². The summed E-state index contributed by atoms with van der Waals surface area (Å²) in [4.78, 5) is 25.8. The van der Waals surface area contributed by atoms with Gasteiger partial charge in [0.25, 0.3) is 5.91 Å². The smallest absolute Gasteiger partial charge is 0.550 e. The van der Waals surface area contributed by atoms with Crippen molar-refractivity contribution in [2.75, 3.05) is 7.05 Å². The van der Waals surface area contributed by atoms with E-state index in [2.05, 4.69) is 5.10 Å². The van der Waals surface area contributed by atoms with Crippen LogP contribution in [0.25, 0.3) is 5.69 Å². The van der Waals surface area contributed by atoms with Crippen molar-refractivity contribution in [1.29, 1.82) is 0 Å². The Hall–Kier alpha value is -2.63. The fourth-order valence-corrected chi connectivity index (χ4v) is 4.62. The standard InChI is InChI=1S/C29H35F2N3O5.Na/c1-17(2)26-24(13-12-22(35)14-23(36)15-25(37)38)34(21-10-8-20(30)9-11-21)32-28(26)29(39)33(4)16-19-7-5-6-18(3)27(19)31;/h5-11,17,22-23,35-36H,12-16H2,1-4H3,(H,37,38);/q;+1/p-1/t22-,23-;/m1./s1. The van der Waals surface area contributed by atoms with Crippen LogP contribution in [0.5, 0.6) is 0 Å². The Morgan fingerprint density at radius 1 is 1.07 bits per heavy atom. The fraction of sp³-hybridized carbons (Fsp3) is 0.414. The van der Waals surface area contributed by atoms with Gasteiger partial charge in [-0.05, 0) is 61.9 Å². The monoisotopic (exact) mass is 565 g/mol. The Morgan fingerprint density at radius 2 is 1.73 bits per heavy atom. The van der Waals surface area contributed by atoms with Crippen molar-refractivity contribution >= 4 is 11.9 Å². The van der Waals surface area contributed by atoms with Gasteiger partial charge in [-0.15, -0.1) is 0 Å². The molecule has 0 bridgehead atoms. The van der Waals surface area contributed by atoms with Crippen molar-refractivity contribution in [1.82, 2.24) is 14.7 Å². The number of carboxylic acid groups (broad SMARTS) is 1. The molecule has 0 aliphatic rings. The predicted octanol–water partition coefficient (Wildman–Crippen LogP) is 0.0430. The van der Waals surface area contributed by atoms with Crippen molar-refractivity contribution in [3.05, 3.63) is 82.2 Å². The van der Waals surface area contributed by atoms with Gasteiger partial charge in [0.1, 0.15) is 11.6 Å². The second kappa shape index (κ2) is 14.8. The normalized spacial score (nSPS) is 12.6. The van der Waals surface area contributed by atoms with Crippen molar-refractivity contribution in [2.45, 2.75) is 71.1 Å². The summed E-state index contributed by atoms with van der Waals surface area (Å²) in [6, 6.07) is 10.6. The molecule has 0 radical (unpaired) electrons. The molecule has 2 aromatic carbocycles. The SMILES string of the molecule is Cc1cccc(CN(C)C(=O)c2nn(-c3ccc(F)cc3)c(CC[C@@H](O)C[C@@H](O)CC(=O)[O-])c2C(C)C)c1F.[Na+]. The summed E-state index contributed by atoms with van der Waals surface area (Å²) in [7, 11) is 1.56. The zero-order chi connectivity index (χ0) is 28.9. The van der Waals surface area contributed by atoms with Gasteiger partial charge in [0.2, 0.25) is 0 Å². The zero-order valence-corrected chi connectivity index (χ0v) is 25.5. The van der Waals surface area contributed by atoms with Gasteiger partial charge in [-0.3, -0.25) is 4.79 Å². The molecule has 2 N–H and O–H groups in total. The van der Waals surface area contributed by atoms with Crippen molar-refractivity contribution in [3.8, 4) is 5.69 Å². The summed E-state index contributed by atoms with van der Waals surface area (Å²) < 4.78 is 29.8. The van der Waals surface area contributed by atoms with Crippen molar-refractivity contribution in [3.63, 3.8) is 0 Å². The van der Waals surface area contributed by atoms with E-state index in [0.29, 0.717) is 28.1 Å². The first kappa shape index (κ1) is 33.6. The first-order chi connectivity index (χ1) is 18.4. The molecule has 0 aliphatic carbocycles. The van der Waals surface area contributed by atoms with Crippen LogP contribution in [0.4, 0.5) is 8.78 Å². The van der Waals surface area contributed by atoms with Gasteiger partial charge in [-0.2, -0.15) is 5.10 Å². The minimum atomic E-state index is -1.41. The van der Waals surface area contributed by atoms with Crippen LogP contribution < -0.4 is 34.7 Å². The Labute approximate surface area is 254 Å². The van der Waals surface area contributed by atoms with E-state index in [1.165, 1.54) is 33.8 Å². The number of aromatic nitrogens is 2. The van der Waals surface area contributed by atoms with E-state index in [1.54, 1.807) is 32.2 Å².